The van der Waals surface area contributed by atoms with Gasteiger partial charge in [0, 0.05) is 17.4 Å². The molecule has 0 radical (unpaired) electrons. The third-order valence-corrected chi connectivity index (χ3v) is 6.20. The van der Waals surface area contributed by atoms with Crippen molar-refractivity contribution in [2.75, 3.05) is 4.90 Å². The van der Waals surface area contributed by atoms with E-state index in [0.717, 1.165) is 11.3 Å². The molecule has 3 heteroatoms. The molecule has 3 nitrogen and oxygen atoms in total. The molecule has 2 aliphatic carbocycles. The number of aryl methyl sites for hydroxylation is 2. The molecule has 0 bridgehead atoms. The Morgan fingerprint density at radius 2 is 1.70 bits per heavy atom. The molecule has 0 spiro atoms. The highest BCUT2D eigenvalue weighted by molar-refractivity contribution is 6.38. The monoisotopic (exact) mass is 401 g/mol. The van der Waals surface area contributed by atoms with Crippen LogP contribution in [0.1, 0.15) is 56.2 Å². The highest BCUT2D eigenvalue weighted by atomic mass is 16.3. The summed E-state index contributed by atoms with van der Waals surface area (Å²) in [5, 5.41) is 10.4. The van der Waals surface area contributed by atoms with E-state index in [1.807, 2.05) is 32.1 Å². The minimum atomic E-state index is -0.0593. The molecular formula is C27H31NO2. The van der Waals surface area contributed by atoms with Crippen molar-refractivity contribution in [2.45, 2.75) is 59.4 Å². The molecule has 1 N–H and O–H groups in total. The van der Waals surface area contributed by atoms with E-state index < -0.39 is 0 Å². The van der Waals surface area contributed by atoms with Crippen LogP contribution in [0.4, 0.5) is 11.4 Å². The minimum absolute atomic E-state index is 0.0593. The van der Waals surface area contributed by atoms with Gasteiger partial charge in [-0.15, -0.1) is 0 Å². The topological polar surface area (TPSA) is 40.5 Å². The number of benzene rings is 2. The minimum Gasteiger partial charge on any atom is -0.506 e. The van der Waals surface area contributed by atoms with Crippen molar-refractivity contribution < 1.29 is 9.90 Å². The van der Waals surface area contributed by atoms with Gasteiger partial charge in [0.15, 0.2) is 0 Å². The summed E-state index contributed by atoms with van der Waals surface area (Å²) in [6.07, 6.45) is 6.76. The molecule has 0 heterocycles. The number of aliphatic hydroxyl groups excluding tert-OH is 1. The fraction of sp³-hybridized carbons (Fsp3) is 0.370. The summed E-state index contributed by atoms with van der Waals surface area (Å²) in [7, 11) is 0. The average Bonchev–Trinajstić information content (AvgIpc) is 3.24. The molecule has 1 saturated carbocycles. The molecule has 0 amide bonds. The number of carbonyl (C=O) groups excluding carboxylic acids is 1. The Labute approximate surface area is 179 Å². The largest absolute Gasteiger partial charge is 0.506 e. The van der Waals surface area contributed by atoms with Crippen LogP contribution >= 0.6 is 0 Å². The van der Waals surface area contributed by atoms with Crippen molar-refractivity contribution in [2.24, 2.45) is 5.92 Å². The van der Waals surface area contributed by atoms with Crippen LogP contribution in [0, 0.1) is 19.8 Å². The molecule has 0 atom stereocenters. The number of carbonyl (C=O) groups is 1. The van der Waals surface area contributed by atoms with Gasteiger partial charge in [-0.3, -0.25) is 4.79 Å². The lowest BCUT2D eigenvalue weighted by Gasteiger charge is -2.33. The third-order valence-electron chi connectivity index (χ3n) is 6.20. The van der Waals surface area contributed by atoms with Crippen LogP contribution in [0.25, 0.3) is 5.57 Å². The zero-order chi connectivity index (χ0) is 21.4. The van der Waals surface area contributed by atoms with Gasteiger partial charge in [0.1, 0.15) is 5.76 Å². The van der Waals surface area contributed by atoms with Crippen molar-refractivity contribution in [3.05, 3.63) is 76.6 Å². The van der Waals surface area contributed by atoms with Gasteiger partial charge in [-0.05, 0) is 61.9 Å². The Bertz CT molecular complexity index is 1020. The van der Waals surface area contributed by atoms with Crippen LogP contribution in [0.15, 0.2) is 59.9 Å². The van der Waals surface area contributed by atoms with Crippen LogP contribution in [0.5, 0.6) is 0 Å². The van der Waals surface area contributed by atoms with Crippen LogP contribution < -0.4 is 4.90 Å². The number of ketones is 1. The third kappa shape index (κ3) is 3.69. The average molecular weight is 402 g/mol. The lowest BCUT2D eigenvalue weighted by Crippen LogP contribution is -2.29. The van der Waals surface area contributed by atoms with Gasteiger partial charge < -0.3 is 10.0 Å². The van der Waals surface area contributed by atoms with E-state index in [1.165, 1.54) is 42.5 Å². The number of hydrogen-bond acceptors (Lipinski definition) is 3. The predicted octanol–water partition coefficient (Wildman–Crippen LogP) is 6.82. The van der Waals surface area contributed by atoms with E-state index in [9.17, 15) is 9.90 Å². The molecule has 0 saturated heterocycles. The molecule has 0 aliphatic heterocycles. The molecule has 4 rings (SSSR count). The lowest BCUT2D eigenvalue weighted by molar-refractivity contribution is -0.111. The normalized spacial score (nSPS) is 18.4. The molecule has 0 unspecified atom stereocenters. The van der Waals surface area contributed by atoms with Gasteiger partial charge in [-0.1, -0.05) is 62.6 Å². The second kappa shape index (κ2) is 8.14. The number of Topliss-reactive ketones (excluding diaryl/α,β-unsaturated/α-hetero) is 1. The zero-order valence-corrected chi connectivity index (χ0v) is 18.4. The van der Waals surface area contributed by atoms with Gasteiger partial charge in [-0.2, -0.15) is 0 Å². The van der Waals surface area contributed by atoms with E-state index in [1.54, 1.807) is 0 Å². The number of allylic oxidation sites excluding steroid dienone is 3. The van der Waals surface area contributed by atoms with Crippen molar-refractivity contribution >= 4 is 22.7 Å². The Hall–Kier alpha value is -2.81. The van der Waals surface area contributed by atoms with E-state index >= 15 is 0 Å². The van der Waals surface area contributed by atoms with E-state index in [0.29, 0.717) is 17.2 Å². The Kier molecular flexibility index (Phi) is 5.55. The quantitative estimate of drug-likeness (QED) is 0.559. The van der Waals surface area contributed by atoms with Gasteiger partial charge in [-0.25, -0.2) is 0 Å². The summed E-state index contributed by atoms with van der Waals surface area (Å²) in [4.78, 5) is 15.0. The molecule has 1 fully saturated rings. The summed E-state index contributed by atoms with van der Waals surface area (Å²) in [6, 6.07) is 15.3. The van der Waals surface area contributed by atoms with Crippen molar-refractivity contribution in [1.29, 1.82) is 0 Å². The summed E-state index contributed by atoms with van der Waals surface area (Å²) >= 11 is 0. The van der Waals surface area contributed by atoms with Crippen molar-refractivity contribution in [1.82, 2.24) is 0 Å². The summed E-state index contributed by atoms with van der Waals surface area (Å²) < 4.78 is 0. The van der Waals surface area contributed by atoms with E-state index in [-0.39, 0.29) is 17.5 Å². The van der Waals surface area contributed by atoms with Crippen molar-refractivity contribution in [3.8, 4) is 0 Å². The maximum Gasteiger partial charge on any atom is 0.200 e. The molecular weight excluding hydrogens is 370 g/mol. The van der Waals surface area contributed by atoms with Gasteiger partial charge in [0.05, 0.1) is 11.1 Å². The van der Waals surface area contributed by atoms with Gasteiger partial charge >= 0.3 is 0 Å². The van der Waals surface area contributed by atoms with Gasteiger partial charge in [0.2, 0.25) is 5.78 Å². The molecule has 0 aromatic heterocycles. The van der Waals surface area contributed by atoms with E-state index in [2.05, 4.69) is 49.1 Å². The van der Waals surface area contributed by atoms with E-state index in [4.69, 9.17) is 0 Å². The fourth-order valence-electron chi connectivity index (χ4n) is 4.75. The van der Waals surface area contributed by atoms with Crippen LogP contribution in [-0.4, -0.2) is 16.9 Å². The fourth-order valence-corrected chi connectivity index (χ4v) is 4.75. The first-order chi connectivity index (χ1) is 14.4. The molecule has 2 aromatic carbocycles. The smallest absolute Gasteiger partial charge is 0.200 e. The highest BCUT2D eigenvalue weighted by Crippen LogP contribution is 2.40. The Balaban J connectivity index is 1.69. The summed E-state index contributed by atoms with van der Waals surface area (Å²) in [5.74, 6) is 0.298. The Morgan fingerprint density at radius 3 is 2.27 bits per heavy atom. The van der Waals surface area contributed by atoms with Crippen molar-refractivity contribution in [3.63, 3.8) is 0 Å². The second-order valence-corrected chi connectivity index (χ2v) is 9.02. The predicted molar refractivity (Wildman–Crippen MR) is 124 cm³/mol. The molecule has 2 aromatic rings. The number of hydrogen-bond donors (Lipinski definition) is 1. The maximum absolute atomic E-state index is 12.5. The number of nitrogens with zero attached hydrogens (tertiary/aromatic N) is 1. The maximum atomic E-state index is 12.5. The summed E-state index contributed by atoms with van der Waals surface area (Å²) in [5.41, 5.74) is 6.62. The van der Waals surface area contributed by atoms with Crippen LogP contribution in [-0.2, 0) is 4.79 Å². The number of aliphatic hydroxyl groups is 1. The summed E-state index contributed by atoms with van der Waals surface area (Å²) in [6.45, 7) is 8.32. The molecule has 30 heavy (non-hydrogen) atoms. The SMILES string of the molecule is Cc1ccc(N(c2ccc(C3=C(O)/C(=C/C(C)C)C3=O)cc2)C2CCCC2)c(C)c1. The van der Waals surface area contributed by atoms with Crippen LogP contribution in [0.2, 0.25) is 0 Å². The number of anilines is 2. The second-order valence-electron chi connectivity index (χ2n) is 9.02. The van der Waals surface area contributed by atoms with Gasteiger partial charge in [0.25, 0.3) is 0 Å². The van der Waals surface area contributed by atoms with Crippen LogP contribution in [0.3, 0.4) is 0 Å². The Morgan fingerprint density at radius 1 is 1.03 bits per heavy atom. The standard InChI is InChI=1S/C27H31NO2/c1-17(2)15-23-26(29)25(27(23)30)20-10-12-22(13-11-20)28(21-7-5-6-8-21)24-14-9-18(3)16-19(24)4/h9-17,21,29H,5-8H2,1-4H3/b23-15-. The molecule has 156 valence electrons. The number of rotatable bonds is 5. The first kappa shape index (κ1) is 20.5. The zero-order valence-electron chi connectivity index (χ0n) is 18.4. The lowest BCUT2D eigenvalue weighted by atomic mass is 9.82. The first-order valence-corrected chi connectivity index (χ1v) is 11.0. The molecule has 2 aliphatic rings. The highest BCUT2D eigenvalue weighted by Gasteiger charge is 2.34. The first-order valence-electron chi connectivity index (χ1n) is 11.0.